The van der Waals surface area contributed by atoms with Gasteiger partial charge in [0, 0.05) is 44.1 Å². The van der Waals surface area contributed by atoms with Crippen molar-refractivity contribution in [3.8, 4) is 5.75 Å². The molecule has 8 nitrogen and oxygen atoms in total. The van der Waals surface area contributed by atoms with Crippen LogP contribution in [0.5, 0.6) is 5.75 Å². The van der Waals surface area contributed by atoms with Crippen LogP contribution in [0.2, 0.25) is 5.02 Å². The van der Waals surface area contributed by atoms with Crippen LogP contribution in [0.25, 0.3) is 26.9 Å². The van der Waals surface area contributed by atoms with Crippen molar-refractivity contribution in [1.82, 2.24) is 0 Å². The van der Waals surface area contributed by atoms with Gasteiger partial charge in [0.2, 0.25) is 5.88 Å². The van der Waals surface area contributed by atoms with Gasteiger partial charge < -0.3 is 18.7 Å². The van der Waals surface area contributed by atoms with Crippen LogP contribution in [-0.4, -0.2) is 44.0 Å². The summed E-state index contributed by atoms with van der Waals surface area (Å²) in [5.41, 5.74) is 2.82. The minimum absolute atomic E-state index is 0. The summed E-state index contributed by atoms with van der Waals surface area (Å²) < 4.78 is 74.8. The largest absolute Gasteiger partial charge is 1.00 e. The van der Waals surface area contributed by atoms with Gasteiger partial charge in [-0.05, 0) is 84.4 Å². The van der Waals surface area contributed by atoms with Gasteiger partial charge in [0.05, 0.1) is 25.9 Å². The maximum atomic E-state index is 11.4. The van der Waals surface area contributed by atoms with Crippen molar-refractivity contribution in [2.24, 2.45) is 0 Å². The molecule has 0 saturated heterocycles. The zero-order chi connectivity index (χ0) is 30.8. The molecule has 1 aliphatic heterocycles. The SMILES string of the molecule is CCC(=Cc1sc2ccc(Cl)cc2c1CCCCS(=O)(=O)[O-])C=C1Oc2ccc3ccccc3c2N1CCCS(=O)(=O)[O-].[Na+]. The Hall–Kier alpha value is -1.93. The van der Waals surface area contributed by atoms with Gasteiger partial charge in [-0.2, -0.15) is 0 Å². The smallest absolute Gasteiger partial charge is 0.748 e. The second kappa shape index (κ2) is 14.7. The van der Waals surface area contributed by atoms with Gasteiger partial charge in [0.15, 0.2) is 5.75 Å². The van der Waals surface area contributed by atoms with Gasteiger partial charge in [-0.1, -0.05) is 48.9 Å². The Balaban J connectivity index is 0.00000442. The normalized spacial score (nSPS) is 14.7. The van der Waals surface area contributed by atoms with E-state index in [9.17, 15) is 25.9 Å². The Morgan fingerprint density at radius 2 is 1.68 bits per heavy atom. The fraction of sp³-hybridized carbons (Fsp3) is 0.290. The standard InChI is InChI=1S/C31H32ClNO7S3.Na/c1-2-21(18-29-25(10-5-6-16-42(34,35)36)26-20-23(32)12-14-28(26)41-29)19-30-33(15-7-17-43(37,38)39)31-24-9-4-3-8-22(24)11-13-27(31)40-30;/h3-4,8-9,11-14,18-20H,2,5-7,10,15-17H2,1H3,(H,34,35,36)(H,37,38,39);/q;+1/p-2. The number of rotatable bonds is 12. The second-order valence-corrected chi connectivity index (χ2v) is 14.9. The molecule has 0 N–H and O–H groups in total. The van der Waals surface area contributed by atoms with E-state index in [1.165, 1.54) is 0 Å². The van der Waals surface area contributed by atoms with Crippen LogP contribution in [0.4, 0.5) is 5.69 Å². The summed E-state index contributed by atoms with van der Waals surface area (Å²) in [7, 11) is -8.64. The van der Waals surface area contributed by atoms with Crippen molar-refractivity contribution in [3.05, 3.63) is 87.6 Å². The zero-order valence-corrected chi connectivity index (χ0v) is 29.6. The Morgan fingerprint density at radius 3 is 2.41 bits per heavy atom. The van der Waals surface area contributed by atoms with E-state index in [0.29, 0.717) is 35.9 Å². The Kier molecular flexibility index (Phi) is 11.6. The molecule has 4 aromatic rings. The molecule has 0 amide bonds. The van der Waals surface area contributed by atoms with E-state index in [1.54, 1.807) is 11.3 Å². The average molecular weight is 683 g/mol. The molecule has 0 aliphatic carbocycles. The molecular formula is C31H30ClNNaO7S3-. The maximum absolute atomic E-state index is 11.4. The second-order valence-electron chi connectivity index (χ2n) is 10.4. The first kappa shape index (κ1) is 34.9. The maximum Gasteiger partial charge on any atom is 1.00 e. The number of aryl methyl sites for hydroxylation is 1. The number of anilines is 1. The number of allylic oxidation sites excluding steroid dienone is 2. The predicted molar refractivity (Wildman–Crippen MR) is 172 cm³/mol. The van der Waals surface area contributed by atoms with Crippen molar-refractivity contribution in [2.45, 2.75) is 39.0 Å². The van der Waals surface area contributed by atoms with Crippen LogP contribution < -0.4 is 39.2 Å². The number of nitrogens with zero attached hydrogens (tertiary/aromatic N) is 1. The Morgan fingerprint density at radius 1 is 0.955 bits per heavy atom. The molecule has 5 rings (SSSR count). The molecule has 0 radical (unpaired) electrons. The van der Waals surface area contributed by atoms with Crippen molar-refractivity contribution in [3.63, 3.8) is 0 Å². The molecule has 0 fully saturated rings. The van der Waals surface area contributed by atoms with Gasteiger partial charge in [0.1, 0.15) is 0 Å². The first-order chi connectivity index (χ1) is 20.4. The van der Waals surface area contributed by atoms with Gasteiger partial charge in [-0.3, -0.25) is 0 Å². The van der Waals surface area contributed by atoms with E-state index in [2.05, 4.69) is 6.08 Å². The van der Waals surface area contributed by atoms with Crippen LogP contribution in [-0.2, 0) is 26.7 Å². The van der Waals surface area contributed by atoms with E-state index < -0.39 is 31.7 Å². The molecule has 0 unspecified atom stereocenters. The molecule has 3 aromatic carbocycles. The third-order valence-corrected chi connectivity index (χ3v) is 10.3. The van der Waals surface area contributed by atoms with Crippen molar-refractivity contribution < 1.29 is 60.2 Å². The van der Waals surface area contributed by atoms with Gasteiger partial charge in [-0.15, -0.1) is 11.3 Å². The van der Waals surface area contributed by atoms with Crippen LogP contribution in [0, 0.1) is 0 Å². The molecule has 44 heavy (non-hydrogen) atoms. The van der Waals surface area contributed by atoms with Crippen LogP contribution in [0.1, 0.15) is 43.0 Å². The van der Waals surface area contributed by atoms with Crippen LogP contribution in [0.3, 0.4) is 0 Å². The van der Waals surface area contributed by atoms with Crippen molar-refractivity contribution in [2.75, 3.05) is 23.0 Å². The predicted octanol–water partition coefficient (Wildman–Crippen LogP) is 4.05. The summed E-state index contributed by atoms with van der Waals surface area (Å²) in [5, 5.41) is 3.56. The zero-order valence-electron chi connectivity index (χ0n) is 24.4. The monoisotopic (exact) mass is 682 g/mol. The van der Waals surface area contributed by atoms with E-state index in [4.69, 9.17) is 16.3 Å². The summed E-state index contributed by atoms with van der Waals surface area (Å²) in [6.45, 7) is 2.30. The fourth-order valence-corrected chi connectivity index (χ4v) is 7.69. The summed E-state index contributed by atoms with van der Waals surface area (Å²) in [6, 6.07) is 17.4. The minimum Gasteiger partial charge on any atom is -0.748 e. The van der Waals surface area contributed by atoms with Crippen molar-refractivity contribution >= 4 is 75.8 Å². The number of benzene rings is 3. The number of fused-ring (bicyclic) bond motifs is 4. The fourth-order valence-electron chi connectivity index (χ4n) is 5.27. The number of hydrogen-bond acceptors (Lipinski definition) is 9. The van der Waals surface area contributed by atoms with Crippen LogP contribution >= 0.6 is 22.9 Å². The summed E-state index contributed by atoms with van der Waals surface area (Å²) >= 11 is 7.92. The topological polar surface area (TPSA) is 127 Å². The molecule has 1 aliphatic rings. The van der Waals surface area contributed by atoms with Gasteiger partial charge in [0.25, 0.3) is 0 Å². The molecule has 0 saturated carbocycles. The molecule has 1 aromatic heterocycles. The molecule has 0 atom stereocenters. The number of unbranched alkanes of at least 4 members (excludes halogenated alkanes) is 1. The first-order valence-electron chi connectivity index (χ1n) is 13.9. The van der Waals surface area contributed by atoms with Crippen LogP contribution in [0.15, 0.2) is 72.1 Å². The van der Waals surface area contributed by atoms with Gasteiger partial charge >= 0.3 is 29.6 Å². The van der Waals surface area contributed by atoms with E-state index in [0.717, 1.165) is 42.6 Å². The Labute approximate surface area is 289 Å². The number of halogens is 1. The average Bonchev–Trinajstić information content (AvgIpc) is 3.46. The van der Waals surface area contributed by atoms with Gasteiger partial charge in [-0.25, -0.2) is 16.8 Å². The Bertz CT molecular complexity index is 1950. The van der Waals surface area contributed by atoms with E-state index >= 15 is 0 Å². The third kappa shape index (κ3) is 8.65. The first-order valence-corrected chi connectivity index (χ1v) is 18.2. The quantitative estimate of drug-likeness (QED) is 0.125. The molecule has 0 spiro atoms. The minimum atomic E-state index is -4.37. The number of hydrogen-bond donors (Lipinski definition) is 0. The number of ether oxygens (including phenoxy) is 1. The summed E-state index contributed by atoms with van der Waals surface area (Å²) in [4.78, 5) is 2.93. The number of thiophene rings is 1. The van der Waals surface area contributed by atoms with E-state index in [1.807, 2.05) is 72.5 Å². The summed E-state index contributed by atoms with van der Waals surface area (Å²) in [5.74, 6) is 0.308. The third-order valence-electron chi connectivity index (χ3n) is 7.28. The molecular weight excluding hydrogens is 653 g/mol. The summed E-state index contributed by atoms with van der Waals surface area (Å²) in [6.07, 6.45) is 6.20. The van der Waals surface area contributed by atoms with E-state index in [-0.39, 0.29) is 48.9 Å². The molecule has 13 heteroatoms. The van der Waals surface area contributed by atoms with Crippen molar-refractivity contribution in [1.29, 1.82) is 0 Å². The molecule has 0 bridgehead atoms. The molecule has 228 valence electrons. The molecule has 2 heterocycles.